The average molecular weight is 274 g/mol. The number of hydrogen-bond acceptors (Lipinski definition) is 4. The van der Waals surface area contributed by atoms with Crippen LogP contribution >= 0.6 is 0 Å². The maximum atomic E-state index is 12.0. The third kappa shape index (κ3) is 4.28. The van der Waals surface area contributed by atoms with Gasteiger partial charge in [0.1, 0.15) is 6.04 Å². The van der Waals surface area contributed by atoms with Crippen molar-refractivity contribution in [2.75, 3.05) is 18.9 Å². The first kappa shape index (κ1) is 15.5. The highest BCUT2D eigenvalue weighted by Gasteiger charge is 2.17. The van der Waals surface area contributed by atoms with Gasteiger partial charge >= 0.3 is 0 Å². The minimum absolute atomic E-state index is 0.121. The van der Waals surface area contributed by atoms with Crippen molar-refractivity contribution in [2.24, 2.45) is 5.73 Å². The zero-order chi connectivity index (χ0) is 15.1. The molecule has 6 heteroatoms. The summed E-state index contributed by atoms with van der Waals surface area (Å²) in [5.74, 6) is -0.636. The zero-order valence-electron chi connectivity index (χ0n) is 11.6. The number of carbonyl (C=O) groups excluding carboxylic acids is 2. The highest BCUT2D eigenvalue weighted by molar-refractivity contribution is 5.94. The van der Waals surface area contributed by atoms with Gasteiger partial charge in [0.25, 0.3) is 0 Å². The van der Waals surface area contributed by atoms with E-state index in [1.54, 1.807) is 38.2 Å². The molecule has 0 bridgehead atoms. The van der Waals surface area contributed by atoms with Crippen LogP contribution in [0, 0.1) is 11.3 Å². The molecule has 0 radical (unpaired) electrons. The minimum Gasteiger partial charge on any atom is -0.374 e. The van der Waals surface area contributed by atoms with Gasteiger partial charge in [-0.15, -0.1) is 0 Å². The van der Waals surface area contributed by atoms with Gasteiger partial charge in [0.05, 0.1) is 12.5 Å². The van der Waals surface area contributed by atoms with Crippen molar-refractivity contribution in [3.63, 3.8) is 0 Å². The molecular formula is C14H18N4O2. The van der Waals surface area contributed by atoms with Gasteiger partial charge in [0, 0.05) is 24.8 Å². The minimum atomic E-state index is -0.515. The SMILES string of the molecule is CC(Nc1cccc(C(N)=O)c1)C(=O)N(C)CCC#N. The van der Waals surface area contributed by atoms with Crippen molar-refractivity contribution in [1.29, 1.82) is 5.26 Å². The standard InChI is InChI=1S/C14H18N4O2/c1-10(14(20)18(2)8-4-7-15)17-12-6-3-5-11(9-12)13(16)19/h3,5-6,9-10,17H,4,8H2,1-2H3,(H2,16,19). The number of carbonyl (C=O) groups is 2. The molecular weight excluding hydrogens is 256 g/mol. The lowest BCUT2D eigenvalue weighted by Crippen LogP contribution is -2.39. The van der Waals surface area contributed by atoms with E-state index in [1.165, 1.54) is 4.90 Å². The first-order chi connectivity index (χ1) is 9.45. The molecule has 1 atom stereocenters. The number of rotatable bonds is 6. The Morgan fingerprint density at radius 1 is 1.50 bits per heavy atom. The van der Waals surface area contributed by atoms with Crippen LogP contribution in [0.25, 0.3) is 0 Å². The molecule has 0 saturated heterocycles. The molecule has 106 valence electrons. The van der Waals surface area contributed by atoms with Crippen LogP contribution in [-0.2, 0) is 4.79 Å². The molecule has 6 nitrogen and oxygen atoms in total. The Morgan fingerprint density at radius 3 is 2.80 bits per heavy atom. The summed E-state index contributed by atoms with van der Waals surface area (Å²) in [4.78, 5) is 24.6. The maximum absolute atomic E-state index is 12.0. The number of anilines is 1. The molecule has 20 heavy (non-hydrogen) atoms. The predicted molar refractivity (Wildman–Crippen MR) is 75.9 cm³/mol. The van der Waals surface area contributed by atoms with E-state index in [2.05, 4.69) is 5.32 Å². The van der Waals surface area contributed by atoms with E-state index < -0.39 is 11.9 Å². The highest BCUT2D eigenvalue weighted by atomic mass is 16.2. The van der Waals surface area contributed by atoms with Crippen LogP contribution < -0.4 is 11.1 Å². The monoisotopic (exact) mass is 274 g/mol. The van der Waals surface area contributed by atoms with Crippen molar-refractivity contribution >= 4 is 17.5 Å². The van der Waals surface area contributed by atoms with Crippen LogP contribution in [-0.4, -0.2) is 36.3 Å². The number of nitrogens with two attached hydrogens (primary N) is 1. The van der Waals surface area contributed by atoms with Gasteiger partial charge < -0.3 is 16.0 Å². The Bertz CT molecular complexity index is 536. The molecule has 0 heterocycles. The molecule has 0 saturated carbocycles. The van der Waals surface area contributed by atoms with E-state index in [9.17, 15) is 9.59 Å². The molecule has 2 amide bonds. The van der Waals surface area contributed by atoms with Crippen molar-refractivity contribution in [2.45, 2.75) is 19.4 Å². The summed E-state index contributed by atoms with van der Waals surface area (Å²) >= 11 is 0. The molecule has 1 rings (SSSR count). The summed E-state index contributed by atoms with van der Waals surface area (Å²) in [6.45, 7) is 2.12. The number of hydrogen-bond donors (Lipinski definition) is 2. The molecule has 0 aliphatic heterocycles. The lowest BCUT2D eigenvalue weighted by molar-refractivity contribution is -0.130. The van der Waals surface area contributed by atoms with Crippen LogP contribution in [0.2, 0.25) is 0 Å². The molecule has 0 aliphatic rings. The summed E-state index contributed by atoms with van der Waals surface area (Å²) in [6.07, 6.45) is 0.298. The fourth-order valence-corrected chi connectivity index (χ4v) is 1.73. The second-order valence-corrected chi connectivity index (χ2v) is 4.48. The quantitative estimate of drug-likeness (QED) is 0.807. The Morgan fingerprint density at radius 2 is 2.20 bits per heavy atom. The van der Waals surface area contributed by atoms with E-state index >= 15 is 0 Å². The van der Waals surface area contributed by atoms with Crippen molar-refractivity contribution < 1.29 is 9.59 Å². The summed E-state index contributed by atoms with van der Waals surface area (Å²) in [5, 5.41) is 11.5. The number of nitriles is 1. The third-order valence-electron chi connectivity index (χ3n) is 2.84. The van der Waals surface area contributed by atoms with E-state index in [0.717, 1.165) is 0 Å². The summed E-state index contributed by atoms with van der Waals surface area (Å²) in [7, 11) is 1.65. The lowest BCUT2D eigenvalue weighted by atomic mass is 10.1. The Kier molecular flexibility index (Phi) is 5.54. The smallest absolute Gasteiger partial charge is 0.248 e. The first-order valence-corrected chi connectivity index (χ1v) is 6.24. The molecule has 0 aromatic heterocycles. The van der Waals surface area contributed by atoms with E-state index in [1.807, 2.05) is 6.07 Å². The highest BCUT2D eigenvalue weighted by Crippen LogP contribution is 2.12. The third-order valence-corrected chi connectivity index (χ3v) is 2.84. The largest absolute Gasteiger partial charge is 0.374 e. The second-order valence-electron chi connectivity index (χ2n) is 4.48. The van der Waals surface area contributed by atoms with Gasteiger partial charge in [-0.05, 0) is 25.1 Å². The average Bonchev–Trinajstić information content (AvgIpc) is 2.44. The Hall–Kier alpha value is -2.55. The molecule has 0 fully saturated rings. The maximum Gasteiger partial charge on any atom is 0.248 e. The Balaban J connectivity index is 2.68. The van der Waals surface area contributed by atoms with Crippen LogP contribution in [0.15, 0.2) is 24.3 Å². The van der Waals surface area contributed by atoms with Gasteiger partial charge in [-0.25, -0.2) is 0 Å². The normalized spacial score (nSPS) is 11.2. The van der Waals surface area contributed by atoms with Crippen LogP contribution in [0.4, 0.5) is 5.69 Å². The van der Waals surface area contributed by atoms with Gasteiger partial charge in [0.2, 0.25) is 11.8 Å². The van der Waals surface area contributed by atoms with Crippen molar-refractivity contribution in [3.8, 4) is 6.07 Å². The van der Waals surface area contributed by atoms with Crippen molar-refractivity contribution in [1.82, 2.24) is 4.90 Å². The molecule has 1 aromatic rings. The number of likely N-dealkylation sites (N-methyl/N-ethyl adjacent to an activating group) is 1. The number of nitrogens with zero attached hydrogens (tertiary/aromatic N) is 2. The zero-order valence-corrected chi connectivity index (χ0v) is 11.6. The predicted octanol–water partition coefficient (Wildman–Crippen LogP) is 0.958. The van der Waals surface area contributed by atoms with Crippen LogP contribution in [0.3, 0.4) is 0 Å². The molecule has 0 aliphatic carbocycles. The van der Waals surface area contributed by atoms with Gasteiger partial charge in [-0.1, -0.05) is 6.07 Å². The number of benzene rings is 1. The summed E-state index contributed by atoms with van der Waals surface area (Å²) < 4.78 is 0. The number of primary amides is 1. The van der Waals surface area contributed by atoms with E-state index in [4.69, 9.17) is 11.0 Å². The van der Waals surface area contributed by atoms with Crippen LogP contribution in [0.5, 0.6) is 0 Å². The van der Waals surface area contributed by atoms with Gasteiger partial charge in [-0.3, -0.25) is 9.59 Å². The van der Waals surface area contributed by atoms with Gasteiger partial charge in [0.15, 0.2) is 0 Å². The topological polar surface area (TPSA) is 99.2 Å². The molecule has 1 unspecified atom stereocenters. The number of nitrogens with one attached hydrogen (secondary N) is 1. The van der Waals surface area contributed by atoms with Crippen molar-refractivity contribution in [3.05, 3.63) is 29.8 Å². The summed E-state index contributed by atoms with van der Waals surface area (Å²) in [6, 6.07) is 8.20. The fourth-order valence-electron chi connectivity index (χ4n) is 1.73. The Labute approximate surface area is 118 Å². The van der Waals surface area contributed by atoms with E-state index in [0.29, 0.717) is 24.2 Å². The number of amides is 2. The molecule has 0 spiro atoms. The van der Waals surface area contributed by atoms with Gasteiger partial charge in [-0.2, -0.15) is 5.26 Å². The second kappa shape index (κ2) is 7.14. The first-order valence-electron chi connectivity index (χ1n) is 6.24. The molecule has 3 N–H and O–H groups in total. The van der Waals surface area contributed by atoms with Crippen LogP contribution in [0.1, 0.15) is 23.7 Å². The molecule has 1 aromatic carbocycles. The van der Waals surface area contributed by atoms with E-state index in [-0.39, 0.29) is 5.91 Å². The lowest BCUT2D eigenvalue weighted by Gasteiger charge is -2.22. The fraction of sp³-hybridized carbons (Fsp3) is 0.357. The summed E-state index contributed by atoms with van der Waals surface area (Å²) in [5.41, 5.74) is 6.23.